The van der Waals surface area contributed by atoms with E-state index in [1.807, 2.05) is 0 Å². The lowest BCUT2D eigenvalue weighted by atomic mass is 10.0. The van der Waals surface area contributed by atoms with Gasteiger partial charge in [0, 0.05) is 24.1 Å². The number of benzene rings is 1. The number of carbonyl (C=O) groups is 2. The normalized spacial score (nSPS) is 16.5. The molecule has 1 aliphatic heterocycles. The van der Waals surface area contributed by atoms with E-state index < -0.39 is 29.6 Å². The SMILES string of the molecule is CC(C)(C)OC(=O)N1CCC/C(=C\CN(C(=O)C(F)(F)F)c2ccc(F)cc2Br)C1. The smallest absolute Gasteiger partial charge is 0.444 e. The third kappa shape index (κ3) is 6.72. The molecular formula is C20H23BrF4N2O3. The van der Waals surface area contributed by atoms with E-state index in [0.717, 1.165) is 18.2 Å². The predicted molar refractivity (Wildman–Crippen MR) is 108 cm³/mol. The summed E-state index contributed by atoms with van der Waals surface area (Å²) in [4.78, 5) is 26.2. The van der Waals surface area contributed by atoms with Crippen molar-refractivity contribution in [3.8, 4) is 0 Å². The number of amides is 2. The molecule has 0 aliphatic carbocycles. The summed E-state index contributed by atoms with van der Waals surface area (Å²) in [7, 11) is 0. The Morgan fingerprint density at radius 2 is 1.93 bits per heavy atom. The van der Waals surface area contributed by atoms with Crippen molar-refractivity contribution in [3.05, 3.63) is 40.1 Å². The summed E-state index contributed by atoms with van der Waals surface area (Å²) in [6.07, 6.45) is -2.90. The molecule has 0 saturated carbocycles. The maximum atomic E-state index is 13.3. The molecular weight excluding hydrogens is 472 g/mol. The number of likely N-dealkylation sites (tertiary alicyclic amines) is 1. The summed E-state index contributed by atoms with van der Waals surface area (Å²) in [6.45, 7) is 5.53. The number of nitrogens with zero attached hydrogens (tertiary/aromatic N) is 2. The zero-order valence-electron chi connectivity index (χ0n) is 16.9. The van der Waals surface area contributed by atoms with Gasteiger partial charge in [-0.15, -0.1) is 0 Å². The number of hydrogen-bond donors (Lipinski definition) is 0. The van der Waals surface area contributed by atoms with Crippen molar-refractivity contribution in [1.29, 1.82) is 0 Å². The number of hydrogen-bond acceptors (Lipinski definition) is 3. The molecule has 0 spiro atoms. The molecule has 5 nitrogen and oxygen atoms in total. The van der Waals surface area contributed by atoms with Crippen LogP contribution < -0.4 is 4.90 Å². The van der Waals surface area contributed by atoms with Crippen LogP contribution in [-0.2, 0) is 9.53 Å². The quantitative estimate of drug-likeness (QED) is 0.415. The summed E-state index contributed by atoms with van der Waals surface area (Å²) < 4.78 is 58.1. The Morgan fingerprint density at radius 1 is 1.27 bits per heavy atom. The van der Waals surface area contributed by atoms with Gasteiger partial charge in [-0.05, 0) is 67.7 Å². The highest BCUT2D eigenvalue weighted by molar-refractivity contribution is 9.10. The Bertz CT molecular complexity index is 834. The maximum absolute atomic E-state index is 13.3. The molecule has 0 N–H and O–H groups in total. The van der Waals surface area contributed by atoms with Crippen LogP contribution >= 0.6 is 15.9 Å². The largest absolute Gasteiger partial charge is 0.471 e. The number of alkyl halides is 3. The van der Waals surface area contributed by atoms with Crippen LogP contribution in [0.5, 0.6) is 0 Å². The number of anilines is 1. The fraction of sp³-hybridized carbons (Fsp3) is 0.500. The van der Waals surface area contributed by atoms with Crippen LogP contribution in [0.15, 0.2) is 34.3 Å². The second-order valence-corrected chi connectivity index (χ2v) is 8.73. The standard InChI is InChI=1S/C20H23BrF4N2O3/c1-19(2,3)30-18(29)26-9-4-5-13(12-26)8-10-27(17(28)20(23,24)25)16-7-6-14(22)11-15(16)21/h6-8,11H,4-5,9-10,12H2,1-3H3/b13-8+. The Kier molecular flexibility index (Phi) is 7.54. The summed E-state index contributed by atoms with van der Waals surface area (Å²) in [6, 6.07) is 3.08. The number of halogens is 5. The first-order chi connectivity index (χ1) is 13.8. The van der Waals surface area contributed by atoms with Gasteiger partial charge in [0.2, 0.25) is 0 Å². The molecule has 1 aromatic rings. The molecule has 1 heterocycles. The fourth-order valence-corrected chi connectivity index (χ4v) is 3.48. The maximum Gasteiger partial charge on any atom is 0.471 e. The zero-order valence-corrected chi connectivity index (χ0v) is 18.4. The van der Waals surface area contributed by atoms with E-state index in [-0.39, 0.29) is 23.2 Å². The van der Waals surface area contributed by atoms with Gasteiger partial charge in [-0.25, -0.2) is 9.18 Å². The van der Waals surface area contributed by atoms with Crippen LogP contribution in [0.3, 0.4) is 0 Å². The molecule has 1 aliphatic rings. The molecule has 30 heavy (non-hydrogen) atoms. The zero-order chi connectivity index (χ0) is 22.7. The third-order valence-electron chi connectivity index (χ3n) is 4.22. The topological polar surface area (TPSA) is 49.9 Å². The average molecular weight is 495 g/mol. The predicted octanol–water partition coefficient (Wildman–Crippen LogP) is 5.44. The molecule has 10 heteroatoms. The van der Waals surface area contributed by atoms with Crippen molar-refractivity contribution in [2.24, 2.45) is 0 Å². The fourth-order valence-electron chi connectivity index (χ4n) is 2.91. The van der Waals surface area contributed by atoms with Gasteiger partial charge in [-0.1, -0.05) is 11.6 Å². The first-order valence-electron chi connectivity index (χ1n) is 9.27. The highest BCUT2D eigenvalue weighted by atomic mass is 79.9. The van der Waals surface area contributed by atoms with E-state index >= 15 is 0 Å². The lowest BCUT2D eigenvalue weighted by molar-refractivity contribution is -0.170. The lowest BCUT2D eigenvalue weighted by Crippen LogP contribution is -2.42. The minimum absolute atomic E-state index is 0.0255. The van der Waals surface area contributed by atoms with Gasteiger partial charge in [0.25, 0.3) is 0 Å². The van der Waals surface area contributed by atoms with E-state index in [1.165, 1.54) is 11.0 Å². The summed E-state index contributed by atoms with van der Waals surface area (Å²) in [5, 5.41) is 0. The van der Waals surface area contributed by atoms with Gasteiger partial charge in [-0.2, -0.15) is 13.2 Å². The van der Waals surface area contributed by atoms with Crippen molar-refractivity contribution >= 4 is 33.6 Å². The van der Waals surface area contributed by atoms with Crippen LogP contribution in [0.2, 0.25) is 0 Å². The summed E-state index contributed by atoms with van der Waals surface area (Å²) in [5.41, 5.74) is -0.0517. The molecule has 1 saturated heterocycles. The number of carbonyl (C=O) groups excluding carboxylic acids is 2. The Balaban J connectivity index is 2.22. The molecule has 0 aromatic heterocycles. The molecule has 1 aromatic carbocycles. The minimum Gasteiger partial charge on any atom is -0.444 e. The van der Waals surface area contributed by atoms with E-state index in [2.05, 4.69) is 15.9 Å². The van der Waals surface area contributed by atoms with Crippen molar-refractivity contribution in [2.75, 3.05) is 24.5 Å². The summed E-state index contributed by atoms with van der Waals surface area (Å²) in [5.74, 6) is -2.71. The van der Waals surface area contributed by atoms with E-state index in [0.29, 0.717) is 29.9 Å². The second-order valence-electron chi connectivity index (χ2n) is 7.88. The average Bonchev–Trinajstić information content (AvgIpc) is 2.61. The Labute approximate surface area is 180 Å². The third-order valence-corrected chi connectivity index (χ3v) is 4.86. The van der Waals surface area contributed by atoms with Gasteiger partial charge in [0.15, 0.2) is 0 Å². The summed E-state index contributed by atoms with van der Waals surface area (Å²) >= 11 is 3.01. The molecule has 0 radical (unpaired) electrons. The van der Waals surface area contributed by atoms with Crippen LogP contribution in [0.25, 0.3) is 0 Å². The lowest BCUT2D eigenvalue weighted by Gasteiger charge is -2.31. The van der Waals surface area contributed by atoms with Crippen molar-refractivity contribution < 1.29 is 31.9 Å². The molecule has 2 amide bonds. The van der Waals surface area contributed by atoms with Crippen LogP contribution in [-0.4, -0.2) is 48.3 Å². The number of ether oxygens (including phenoxy) is 1. The van der Waals surface area contributed by atoms with Crippen LogP contribution in [0, 0.1) is 5.82 Å². The van der Waals surface area contributed by atoms with E-state index in [9.17, 15) is 27.2 Å². The molecule has 1 fully saturated rings. The Hall–Kier alpha value is -2.10. The highest BCUT2D eigenvalue weighted by Gasteiger charge is 2.43. The van der Waals surface area contributed by atoms with Gasteiger partial charge in [0.05, 0.1) is 5.69 Å². The van der Waals surface area contributed by atoms with E-state index in [1.54, 1.807) is 20.8 Å². The number of rotatable bonds is 3. The Morgan fingerprint density at radius 3 is 2.50 bits per heavy atom. The van der Waals surface area contributed by atoms with Crippen LogP contribution in [0.4, 0.5) is 28.0 Å². The van der Waals surface area contributed by atoms with Gasteiger partial charge >= 0.3 is 18.2 Å². The monoisotopic (exact) mass is 494 g/mol. The molecule has 2 rings (SSSR count). The highest BCUT2D eigenvalue weighted by Crippen LogP contribution is 2.31. The van der Waals surface area contributed by atoms with Crippen molar-refractivity contribution in [1.82, 2.24) is 4.90 Å². The van der Waals surface area contributed by atoms with Crippen molar-refractivity contribution in [2.45, 2.75) is 45.4 Å². The van der Waals surface area contributed by atoms with E-state index in [4.69, 9.17) is 4.74 Å². The first kappa shape index (κ1) is 24.2. The first-order valence-corrected chi connectivity index (χ1v) is 10.1. The van der Waals surface area contributed by atoms with Gasteiger partial charge in [0.1, 0.15) is 11.4 Å². The number of piperidine rings is 1. The second kappa shape index (κ2) is 9.36. The van der Waals surface area contributed by atoms with Gasteiger partial charge in [-0.3, -0.25) is 9.69 Å². The van der Waals surface area contributed by atoms with Crippen molar-refractivity contribution in [3.63, 3.8) is 0 Å². The molecule has 0 atom stereocenters. The van der Waals surface area contributed by atoms with Gasteiger partial charge < -0.3 is 9.64 Å². The molecule has 0 unspecified atom stereocenters. The van der Waals surface area contributed by atoms with Crippen LogP contribution in [0.1, 0.15) is 33.6 Å². The molecule has 0 bridgehead atoms. The minimum atomic E-state index is -5.10. The molecule has 166 valence electrons.